The number of aryl methyl sites for hydroxylation is 1. The Morgan fingerprint density at radius 1 is 1.41 bits per heavy atom. The van der Waals surface area contributed by atoms with Gasteiger partial charge in [0.1, 0.15) is 5.88 Å². The third kappa shape index (κ3) is 3.44. The van der Waals surface area contributed by atoms with Gasteiger partial charge in [0.25, 0.3) is 5.91 Å². The molecule has 1 rings (SSSR count). The van der Waals surface area contributed by atoms with Gasteiger partial charge in [-0.25, -0.2) is 0 Å². The van der Waals surface area contributed by atoms with Crippen molar-refractivity contribution in [3.05, 3.63) is 27.7 Å². The maximum Gasteiger partial charge on any atom is 0.252 e. The molecule has 0 aliphatic rings. The summed E-state index contributed by atoms with van der Waals surface area (Å²) in [5.41, 5.74) is 1.89. The lowest BCUT2D eigenvalue weighted by Gasteiger charge is -2.11. The molecule has 0 aliphatic carbocycles. The smallest absolute Gasteiger partial charge is 0.252 e. The van der Waals surface area contributed by atoms with Crippen molar-refractivity contribution in [2.75, 3.05) is 18.2 Å². The molecule has 0 bridgehead atoms. The molecule has 17 heavy (non-hydrogen) atoms. The number of anilines is 1. The lowest BCUT2D eigenvalue weighted by molar-refractivity contribution is -0.113. The third-order valence-electron chi connectivity index (χ3n) is 2.18. The lowest BCUT2D eigenvalue weighted by Crippen LogP contribution is -2.20. The fourth-order valence-electron chi connectivity index (χ4n) is 1.30. The van der Waals surface area contributed by atoms with Crippen molar-refractivity contribution in [2.45, 2.75) is 6.92 Å². The summed E-state index contributed by atoms with van der Waals surface area (Å²) in [6.45, 7) is 1.84. The van der Waals surface area contributed by atoms with E-state index in [2.05, 4.69) is 26.6 Å². The fraction of sp³-hybridized carbons (Fsp3) is 0.273. The number of rotatable bonds is 3. The molecule has 2 amide bonds. The first-order valence-electron chi connectivity index (χ1n) is 4.87. The van der Waals surface area contributed by atoms with Gasteiger partial charge in [0, 0.05) is 17.2 Å². The molecule has 92 valence electrons. The molecule has 0 unspecified atom stereocenters. The highest BCUT2D eigenvalue weighted by Gasteiger charge is 2.12. The van der Waals surface area contributed by atoms with E-state index in [1.807, 2.05) is 6.92 Å². The Balaban J connectivity index is 3.14. The molecular weight excluding hydrogens is 307 g/mol. The molecule has 0 radical (unpaired) electrons. The molecule has 6 heteroatoms. The summed E-state index contributed by atoms with van der Waals surface area (Å²) in [7, 11) is 1.55. The summed E-state index contributed by atoms with van der Waals surface area (Å²) in [5.74, 6) is -0.650. The Labute approximate surface area is 113 Å². The van der Waals surface area contributed by atoms with Gasteiger partial charge in [-0.05, 0) is 40.5 Å². The molecular formula is C11H12BrClN2O2. The standard InChI is InChI=1S/C11H12BrClN2O2/c1-6-3-8(12)7(11(17)14-2)4-9(6)15-10(16)5-13/h3-4H,5H2,1-2H3,(H,14,17)(H,15,16). The van der Waals surface area contributed by atoms with Crippen LogP contribution in [0.4, 0.5) is 5.69 Å². The van der Waals surface area contributed by atoms with Gasteiger partial charge in [-0.2, -0.15) is 0 Å². The SMILES string of the molecule is CNC(=O)c1cc(NC(=O)CCl)c(C)cc1Br. The van der Waals surface area contributed by atoms with Crippen LogP contribution in [0.1, 0.15) is 15.9 Å². The molecule has 0 heterocycles. The highest BCUT2D eigenvalue weighted by atomic mass is 79.9. The molecule has 2 N–H and O–H groups in total. The van der Waals surface area contributed by atoms with E-state index < -0.39 is 0 Å². The average Bonchev–Trinajstić information content (AvgIpc) is 2.31. The highest BCUT2D eigenvalue weighted by molar-refractivity contribution is 9.10. The van der Waals surface area contributed by atoms with E-state index >= 15 is 0 Å². The summed E-state index contributed by atoms with van der Waals surface area (Å²) in [5, 5.41) is 5.16. The second-order valence-corrected chi connectivity index (χ2v) is 4.53. The van der Waals surface area contributed by atoms with Gasteiger partial charge in [0.15, 0.2) is 0 Å². The first-order chi connectivity index (χ1) is 7.99. The van der Waals surface area contributed by atoms with Crippen molar-refractivity contribution < 1.29 is 9.59 Å². The number of halogens is 2. The number of alkyl halides is 1. The summed E-state index contributed by atoms with van der Waals surface area (Å²) >= 11 is 8.72. The van der Waals surface area contributed by atoms with E-state index in [-0.39, 0.29) is 17.7 Å². The molecule has 0 aliphatic heterocycles. The number of carbonyl (C=O) groups is 2. The maximum absolute atomic E-state index is 11.6. The van der Waals surface area contributed by atoms with E-state index in [4.69, 9.17) is 11.6 Å². The second kappa shape index (κ2) is 6.02. The monoisotopic (exact) mass is 318 g/mol. The molecule has 0 aromatic heterocycles. The largest absolute Gasteiger partial charge is 0.355 e. The summed E-state index contributed by atoms with van der Waals surface area (Å²) in [6.07, 6.45) is 0. The van der Waals surface area contributed by atoms with Crippen LogP contribution in [0.5, 0.6) is 0 Å². The molecule has 0 fully saturated rings. The van der Waals surface area contributed by atoms with Crippen LogP contribution < -0.4 is 10.6 Å². The van der Waals surface area contributed by atoms with Crippen LogP contribution in [0.2, 0.25) is 0 Å². The van der Waals surface area contributed by atoms with Crippen LogP contribution in [0.3, 0.4) is 0 Å². The van der Waals surface area contributed by atoms with E-state index in [0.717, 1.165) is 5.56 Å². The quantitative estimate of drug-likeness (QED) is 0.840. The zero-order valence-corrected chi connectivity index (χ0v) is 11.8. The Morgan fingerprint density at radius 3 is 2.59 bits per heavy atom. The average molecular weight is 320 g/mol. The van der Waals surface area contributed by atoms with Crippen molar-refractivity contribution in [1.29, 1.82) is 0 Å². The first kappa shape index (κ1) is 14.0. The number of nitrogens with one attached hydrogen (secondary N) is 2. The molecule has 1 aromatic carbocycles. The van der Waals surface area contributed by atoms with Crippen molar-refractivity contribution in [3.63, 3.8) is 0 Å². The van der Waals surface area contributed by atoms with Crippen LogP contribution in [-0.4, -0.2) is 24.7 Å². The molecule has 0 saturated heterocycles. The second-order valence-electron chi connectivity index (χ2n) is 3.41. The minimum absolute atomic E-state index is 0.120. The molecule has 0 spiro atoms. The zero-order chi connectivity index (χ0) is 13.0. The minimum Gasteiger partial charge on any atom is -0.355 e. The normalized spacial score (nSPS) is 9.88. The van der Waals surface area contributed by atoms with Crippen LogP contribution in [0.15, 0.2) is 16.6 Å². The van der Waals surface area contributed by atoms with Gasteiger partial charge in [-0.1, -0.05) is 0 Å². The number of amides is 2. The number of hydrogen-bond donors (Lipinski definition) is 2. The van der Waals surface area contributed by atoms with Crippen LogP contribution >= 0.6 is 27.5 Å². The Morgan fingerprint density at radius 2 is 2.06 bits per heavy atom. The van der Waals surface area contributed by atoms with Crippen molar-refractivity contribution in [3.8, 4) is 0 Å². The minimum atomic E-state index is -0.306. The summed E-state index contributed by atoms with van der Waals surface area (Å²) in [4.78, 5) is 22.8. The van der Waals surface area contributed by atoms with Gasteiger partial charge < -0.3 is 10.6 Å². The Bertz CT molecular complexity index is 463. The maximum atomic E-state index is 11.6. The van der Waals surface area contributed by atoms with Crippen molar-refractivity contribution in [2.24, 2.45) is 0 Å². The lowest BCUT2D eigenvalue weighted by atomic mass is 10.1. The van der Waals surface area contributed by atoms with Gasteiger partial charge >= 0.3 is 0 Å². The Kier molecular flexibility index (Phi) is 4.96. The van der Waals surface area contributed by atoms with E-state index in [0.29, 0.717) is 15.7 Å². The van der Waals surface area contributed by atoms with Gasteiger partial charge in [0.05, 0.1) is 5.56 Å². The predicted octanol–water partition coefficient (Wildman–Crippen LogP) is 2.29. The summed E-state index contributed by atoms with van der Waals surface area (Å²) in [6, 6.07) is 3.39. The van der Waals surface area contributed by atoms with Crippen molar-refractivity contribution in [1.82, 2.24) is 5.32 Å². The van der Waals surface area contributed by atoms with Crippen molar-refractivity contribution >= 4 is 45.0 Å². The van der Waals surface area contributed by atoms with E-state index in [9.17, 15) is 9.59 Å². The zero-order valence-electron chi connectivity index (χ0n) is 9.43. The van der Waals surface area contributed by atoms with E-state index in [1.54, 1.807) is 19.2 Å². The molecule has 0 atom stereocenters. The molecule has 0 saturated carbocycles. The fourth-order valence-corrected chi connectivity index (χ4v) is 2.00. The third-order valence-corrected chi connectivity index (χ3v) is 3.08. The predicted molar refractivity (Wildman–Crippen MR) is 71.6 cm³/mol. The first-order valence-corrected chi connectivity index (χ1v) is 6.20. The van der Waals surface area contributed by atoms with Crippen LogP contribution in [0.25, 0.3) is 0 Å². The number of hydrogen-bond acceptors (Lipinski definition) is 2. The number of benzene rings is 1. The summed E-state index contributed by atoms with van der Waals surface area (Å²) < 4.78 is 0.679. The Hall–Kier alpha value is -1.07. The molecule has 4 nitrogen and oxygen atoms in total. The number of carbonyl (C=O) groups excluding carboxylic acids is 2. The van der Waals surface area contributed by atoms with E-state index in [1.165, 1.54) is 0 Å². The molecule has 1 aromatic rings. The van der Waals surface area contributed by atoms with Gasteiger partial charge in [-0.15, -0.1) is 11.6 Å². The van der Waals surface area contributed by atoms with Gasteiger partial charge in [0.2, 0.25) is 5.91 Å². The van der Waals surface area contributed by atoms with Gasteiger partial charge in [-0.3, -0.25) is 9.59 Å². The van der Waals surface area contributed by atoms with Crippen LogP contribution in [-0.2, 0) is 4.79 Å². The van der Waals surface area contributed by atoms with Crippen LogP contribution in [0, 0.1) is 6.92 Å². The highest BCUT2D eigenvalue weighted by Crippen LogP contribution is 2.25. The topological polar surface area (TPSA) is 58.2 Å².